The maximum absolute atomic E-state index is 10.1. The van der Waals surface area contributed by atoms with Crippen molar-refractivity contribution in [1.29, 1.82) is 0 Å². The molecule has 0 aliphatic rings. The largest absolute Gasteiger partial charge is 0.387 e. The minimum absolute atomic E-state index is 0.102. The van der Waals surface area contributed by atoms with Crippen LogP contribution in [0.4, 0.5) is 0 Å². The first-order valence-electron chi connectivity index (χ1n) is 7.26. The van der Waals surface area contributed by atoms with Gasteiger partial charge < -0.3 is 10.4 Å². The van der Waals surface area contributed by atoms with Gasteiger partial charge in [-0.05, 0) is 12.5 Å². The highest BCUT2D eigenvalue weighted by atomic mass is 32.1. The lowest BCUT2D eigenvalue weighted by Crippen LogP contribution is -2.21. The van der Waals surface area contributed by atoms with Gasteiger partial charge in [0.05, 0.1) is 16.8 Å². The molecule has 0 spiro atoms. The summed E-state index contributed by atoms with van der Waals surface area (Å²) < 4.78 is 0. The van der Waals surface area contributed by atoms with Crippen molar-refractivity contribution < 1.29 is 5.11 Å². The Labute approximate surface area is 131 Å². The molecule has 0 bridgehead atoms. The zero-order chi connectivity index (χ0) is 15.5. The number of hydrogen-bond donors (Lipinski definition) is 2. The fraction of sp³-hybridized carbons (Fsp3) is 0.471. The first-order chi connectivity index (χ1) is 9.86. The lowest BCUT2D eigenvalue weighted by Gasteiger charge is -2.14. The fourth-order valence-electron chi connectivity index (χ4n) is 1.98. The number of aliphatic hydroxyl groups excluding tert-OH is 1. The Morgan fingerprint density at radius 2 is 1.90 bits per heavy atom. The van der Waals surface area contributed by atoms with Crippen molar-refractivity contribution in [2.24, 2.45) is 0 Å². The van der Waals surface area contributed by atoms with Gasteiger partial charge in [-0.1, -0.05) is 50.6 Å². The van der Waals surface area contributed by atoms with E-state index in [0.717, 1.165) is 16.3 Å². The number of hydrogen-bond acceptors (Lipinski definition) is 4. The number of nitrogens with one attached hydrogen (secondary N) is 1. The third-order valence-electron chi connectivity index (χ3n) is 3.30. The molecule has 21 heavy (non-hydrogen) atoms. The molecule has 1 aromatic carbocycles. The molecule has 0 saturated carbocycles. The summed E-state index contributed by atoms with van der Waals surface area (Å²) in [6, 6.07) is 7.99. The van der Waals surface area contributed by atoms with Crippen LogP contribution in [0.15, 0.2) is 29.6 Å². The molecule has 2 N–H and O–H groups in total. The quantitative estimate of drug-likeness (QED) is 0.887. The van der Waals surface area contributed by atoms with Crippen LogP contribution in [0.3, 0.4) is 0 Å². The summed E-state index contributed by atoms with van der Waals surface area (Å²) in [5.41, 5.74) is 3.29. The van der Waals surface area contributed by atoms with E-state index in [0.29, 0.717) is 13.1 Å². The standard InChI is InChI=1S/C17H24N2OS/c1-12-5-7-13(8-6-12)15(20)10-18-9-14-11-21-16(19-14)17(2,3)4/h5-8,11,15,18,20H,9-10H2,1-4H3. The molecule has 4 heteroatoms. The molecule has 0 fully saturated rings. The molecule has 0 saturated heterocycles. The summed E-state index contributed by atoms with van der Waals surface area (Å²) in [6.07, 6.45) is -0.480. The van der Waals surface area contributed by atoms with E-state index in [1.165, 1.54) is 5.56 Å². The van der Waals surface area contributed by atoms with E-state index in [2.05, 4.69) is 36.5 Å². The highest BCUT2D eigenvalue weighted by Crippen LogP contribution is 2.25. The number of aromatic nitrogens is 1. The zero-order valence-electron chi connectivity index (χ0n) is 13.2. The van der Waals surface area contributed by atoms with Gasteiger partial charge in [-0.3, -0.25) is 0 Å². The van der Waals surface area contributed by atoms with Crippen LogP contribution < -0.4 is 5.32 Å². The molecule has 114 valence electrons. The van der Waals surface area contributed by atoms with Gasteiger partial charge in [-0.2, -0.15) is 0 Å². The first-order valence-corrected chi connectivity index (χ1v) is 8.14. The average Bonchev–Trinajstić information content (AvgIpc) is 2.88. The summed E-state index contributed by atoms with van der Waals surface area (Å²) in [7, 11) is 0. The van der Waals surface area contributed by atoms with Crippen LogP contribution in [0.5, 0.6) is 0 Å². The molecule has 2 rings (SSSR count). The maximum atomic E-state index is 10.1. The lowest BCUT2D eigenvalue weighted by molar-refractivity contribution is 0.174. The molecule has 1 atom stereocenters. The van der Waals surface area contributed by atoms with E-state index in [1.54, 1.807) is 11.3 Å². The molecule has 3 nitrogen and oxygen atoms in total. The van der Waals surface area contributed by atoms with E-state index < -0.39 is 6.10 Å². The normalized spacial score (nSPS) is 13.4. The van der Waals surface area contributed by atoms with Crippen molar-refractivity contribution in [1.82, 2.24) is 10.3 Å². The summed E-state index contributed by atoms with van der Waals surface area (Å²) in [4.78, 5) is 4.64. The van der Waals surface area contributed by atoms with Gasteiger partial charge in [0, 0.05) is 23.9 Å². The SMILES string of the molecule is Cc1ccc(C(O)CNCc2csc(C(C)(C)C)n2)cc1. The topological polar surface area (TPSA) is 45.1 Å². The van der Waals surface area contributed by atoms with Gasteiger partial charge >= 0.3 is 0 Å². The summed E-state index contributed by atoms with van der Waals surface area (Å²) in [5.74, 6) is 0. The van der Waals surface area contributed by atoms with E-state index in [9.17, 15) is 5.11 Å². The monoisotopic (exact) mass is 304 g/mol. The van der Waals surface area contributed by atoms with Crippen molar-refractivity contribution >= 4 is 11.3 Å². The second kappa shape index (κ2) is 6.69. The Bertz CT molecular complexity index is 569. The van der Waals surface area contributed by atoms with Crippen molar-refractivity contribution in [3.05, 3.63) is 51.5 Å². The Morgan fingerprint density at radius 1 is 1.24 bits per heavy atom. The number of rotatable bonds is 5. The number of aliphatic hydroxyl groups is 1. The molecule has 0 aliphatic heterocycles. The van der Waals surface area contributed by atoms with Crippen molar-refractivity contribution in [2.45, 2.75) is 45.8 Å². The lowest BCUT2D eigenvalue weighted by atomic mass is 9.98. The fourth-order valence-corrected chi connectivity index (χ4v) is 2.88. The van der Waals surface area contributed by atoms with Crippen molar-refractivity contribution in [3.63, 3.8) is 0 Å². The van der Waals surface area contributed by atoms with E-state index in [1.807, 2.05) is 31.2 Å². The van der Waals surface area contributed by atoms with Gasteiger partial charge in [-0.15, -0.1) is 11.3 Å². The molecule has 1 aromatic heterocycles. The Hall–Kier alpha value is -1.23. The minimum atomic E-state index is -0.480. The molecule has 1 heterocycles. The van der Waals surface area contributed by atoms with E-state index in [-0.39, 0.29) is 5.41 Å². The first kappa shape index (κ1) is 16.1. The van der Waals surface area contributed by atoms with Crippen LogP contribution in [0, 0.1) is 6.92 Å². The molecule has 2 aromatic rings. The smallest absolute Gasteiger partial charge is 0.0982 e. The molecular formula is C17H24N2OS. The number of thiazole rings is 1. The molecule has 0 amide bonds. The van der Waals surface area contributed by atoms with Crippen LogP contribution in [-0.2, 0) is 12.0 Å². The van der Waals surface area contributed by atoms with Gasteiger partial charge in [0.2, 0.25) is 0 Å². The Kier molecular flexibility index (Phi) is 5.14. The van der Waals surface area contributed by atoms with Gasteiger partial charge in [0.15, 0.2) is 0 Å². The Morgan fingerprint density at radius 3 is 2.48 bits per heavy atom. The summed E-state index contributed by atoms with van der Waals surface area (Å²) in [6.45, 7) is 9.78. The maximum Gasteiger partial charge on any atom is 0.0982 e. The van der Waals surface area contributed by atoms with Gasteiger partial charge in [0.25, 0.3) is 0 Å². The number of nitrogens with zero attached hydrogens (tertiary/aromatic N) is 1. The zero-order valence-corrected chi connectivity index (χ0v) is 14.0. The van der Waals surface area contributed by atoms with Crippen LogP contribution in [0.2, 0.25) is 0 Å². The van der Waals surface area contributed by atoms with Gasteiger partial charge in [0.1, 0.15) is 0 Å². The van der Waals surface area contributed by atoms with Crippen molar-refractivity contribution in [3.8, 4) is 0 Å². The predicted molar refractivity (Wildman–Crippen MR) is 88.7 cm³/mol. The van der Waals surface area contributed by atoms with Crippen LogP contribution in [0.25, 0.3) is 0 Å². The highest BCUT2D eigenvalue weighted by Gasteiger charge is 2.17. The summed E-state index contributed by atoms with van der Waals surface area (Å²) in [5, 5.41) is 16.7. The second-order valence-corrected chi connectivity index (χ2v) is 7.31. The molecule has 0 radical (unpaired) electrons. The highest BCUT2D eigenvalue weighted by molar-refractivity contribution is 7.09. The van der Waals surface area contributed by atoms with Crippen LogP contribution in [-0.4, -0.2) is 16.6 Å². The van der Waals surface area contributed by atoms with Crippen molar-refractivity contribution in [2.75, 3.05) is 6.54 Å². The third-order valence-corrected chi connectivity index (χ3v) is 4.62. The van der Waals surface area contributed by atoms with Crippen LogP contribution >= 0.6 is 11.3 Å². The number of benzene rings is 1. The van der Waals surface area contributed by atoms with Crippen LogP contribution in [0.1, 0.15) is 48.7 Å². The predicted octanol–water partition coefficient (Wildman–Crippen LogP) is 3.57. The molecule has 0 aliphatic carbocycles. The van der Waals surface area contributed by atoms with E-state index in [4.69, 9.17) is 0 Å². The van der Waals surface area contributed by atoms with E-state index >= 15 is 0 Å². The Balaban J connectivity index is 1.84. The van der Waals surface area contributed by atoms with Gasteiger partial charge in [-0.25, -0.2) is 4.98 Å². The second-order valence-electron chi connectivity index (χ2n) is 6.45. The third kappa shape index (κ3) is 4.63. The number of aryl methyl sites for hydroxylation is 1. The average molecular weight is 304 g/mol. The molecular weight excluding hydrogens is 280 g/mol. The minimum Gasteiger partial charge on any atom is -0.387 e. The molecule has 1 unspecified atom stereocenters. The summed E-state index contributed by atoms with van der Waals surface area (Å²) >= 11 is 1.70.